The van der Waals surface area contributed by atoms with Gasteiger partial charge in [-0.3, -0.25) is 4.79 Å². The molecule has 7 heteroatoms. The second-order valence-electron chi connectivity index (χ2n) is 6.21. The lowest BCUT2D eigenvalue weighted by molar-refractivity contribution is -0.116. The summed E-state index contributed by atoms with van der Waals surface area (Å²) in [7, 11) is -1.07. The maximum absolute atomic E-state index is 12.8. The lowest BCUT2D eigenvalue weighted by atomic mass is 10.1. The average molecular weight is 376 g/mol. The van der Waals surface area contributed by atoms with Gasteiger partial charge in [0.15, 0.2) is 0 Å². The summed E-state index contributed by atoms with van der Waals surface area (Å²) in [5.41, 5.74) is 3.46. The smallest absolute Gasteiger partial charge is 0.246 e. The van der Waals surface area contributed by atoms with Crippen molar-refractivity contribution >= 4 is 21.6 Å². The fraction of sp³-hybridized carbons (Fsp3) is 0.316. The number of sulfonamides is 1. The standard InChI is InChI=1S/C19H24N2O4S/c1-13-9-10-17(25-5)18(11-13)26(23,24)21(4)12-19(22)20-16-8-6-7-14(2)15(16)3/h6-11H,12H2,1-5H3,(H,20,22). The van der Waals surface area contributed by atoms with Crippen molar-refractivity contribution in [1.82, 2.24) is 4.31 Å². The summed E-state index contributed by atoms with van der Waals surface area (Å²) in [5.74, 6) is -0.159. The molecule has 2 aromatic carbocycles. The van der Waals surface area contributed by atoms with Gasteiger partial charge in [-0.1, -0.05) is 18.2 Å². The second-order valence-corrected chi connectivity index (χ2v) is 8.22. The Morgan fingerprint density at radius 3 is 2.50 bits per heavy atom. The van der Waals surface area contributed by atoms with Crippen LogP contribution < -0.4 is 10.1 Å². The Bertz CT molecular complexity index is 923. The molecule has 26 heavy (non-hydrogen) atoms. The molecule has 6 nitrogen and oxygen atoms in total. The number of benzene rings is 2. The van der Waals surface area contributed by atoms with Crippen LogP contribution >= 0.6 is 0 Å². The van der Waals surface area contributed by atoms with E-state index in [-0.39, 0.29) is 17.2 Å². The molecule has 0 aromatic heterocycles. The Morgan fingerprint density at radius 2 is 1.85 bits per heavy atom. The summed E-state index contributed by atoms with van der Waals surface area (Å²) < 4.78 is 31.9. The van der Waals surface area contributed by atoms with E-state index in [0.29, 0.717) is 5.69 Å². The zero-order valence-electron chi connectivity index (χ0n) is 15.7. The van der Waals surface area contributed by atoms with Crippen LogP contribution in [0.3, 0.4) is 0 Å². The number of anilines is 1. The maximum atomic E-state index is 12.8. The van der Waals surface area contributed by atoms with Crippen molar-refractivity contribution < 1.29 is 17.9 Å². The molecular weight excluding hydrogens is 352 g/mol. The van der Waals surface area contributed by atoms with E-state index < -0.39 is 15.9 Å². The molecule has 0 spiro atoms. The minimum Gasteiger partial charge on any atom is -0.495 e. The van der Waals surface area contributed by atoms with Crippen LogP contribution in [0.4, 0.5) is 5.69 Å². The minimum atomic E-state index is -3.86. The van der Waals surface area contributed by atoms with Crippen LogP contribution in [0.2, 0.25) is 0 Å². The fourth-order valence-corrected chi connectivity index (χ4v) is 3.88. The highest BCUT2D eigenvalue weighted by atomic mass is 32.2. The molecule has 1 amide bonds. The van der Waals surface area contributed by atoms with Crippen LogP contribution in [0.5, 0.6) is 5.75 Å². The summed E-state index contributed by atoms with van der Waals surface area (Å²) in [5, 5.41) is 2.77. The number of methoxy groups -OCH3 is 1. The van der Waals surface area contributed by atoms with Crippen molar-refractivity contribution in [1.29, 1.82) is 0 Å². The van der Waals surface area contributed by atoms with Gasteiger partial charge < -0.3 is 10.1 Å². The van der Waals surface area contributed by atoms with Crippen molar-refractivity contribution in [3.8, 4) is 5.75 Å². The number of likely N-dealkylation sites (N-methyl/N-ethyl adjacent to an activating group) is 1. The Kier molecular flexibility index (Phi) is 6.05. The number of hydrogen-bond acceptors (Lipinski definition) is 4. The number of nitrogens with zero attached hydrogens (tertiary/aromatic N) is 1. The van der Waals surface area contributed by atoms with Gasteiger partial charge in [-0.05, 0) is 55.7 Å². The summed E-state index contributed by atoms with van der Waals surface area (Å²) in [4.78, 5) is 12.4. The van der Waals surface area contributed by atoms with Crippen molar-refractivity contribution in [3.63, 3.8) is 0 Å². The molecule has 0 atom stereocenters. The number of carbonyl (C=O) groups excluding carboxylic acids is 1. The van der Waals surface area contributed by atoms with Crippen LogP contribution in [-0.2, 0) is 14.8 Å². The molecule has 0 bridgehead atoms. The predicted octanol–water partition coefficient (Wildman–Crippen LogP) is 2.88. The van der Waals surface area contributed by atoms with E-state index in [1.807, 2.05) is 26.0 Å². The Balaban J connectivity index is 2.20. The lowest BCUT2D eigenvalue weighted by Crippen LogP contribution is -2.35. The van der Waals surface area contributed by atoms with E-state index in [1.54, 1.807) is 25.1 Å². The van der Waals surface area contributed by atoms with E-state index in [0.717, 1.165) is 21.0 Å². The highest BCUT2D eigenvalue weighted by molar-refractivity contribution is 7.89. The second kappa shape index (κ2) is 7.88. The number of amides is 1. The number of rotatable bonds is 6. The highest BCUT2D eigenvalue weighted by Gasteiger charge is 2.26. The van der Waals surface area contributed by atoms with E-state index in [1.165, 1.54) is 20.2 Å². The van der Waals surface area contributed by atoms with Crippen molar-refractivity contribution in [2.24, 2.45) is 0 Å². The third-order valence-corrected chi connectivity index (χ3v) is 6.08. The van der Waals surface area contributed by atoms with Gasteiger partial charge in [0, 0.05) is 12.7 Å². The van der Waals surface area contributed by atoms with Crippen LogP contribution in [0.1, 0.15) is 16.7 Å². The average Bonchev–Trinajstić information content (AvgIpc) is 2.58. The van der Waals surface area contributed by atoms with Crippen molar-refractivity contribution in [3.05, 3.63) is 53.1 Å². The van der Waals surface area contributed by atoms with Crippen molar-refractivity contribution in [2.45, 2.75) is 25.7 Å². The molecule has 0 saturated heterocycles. The normalized spacial score (nSPS) is 11.5. The number of hydrogen-bond donors (Lipinski definition) is 1. The van der Waals surface area contributed by atoms with Crippen LogP contribution in [-0.4, -0.2) is 39.3 Å². The number of carbonyl (C=O) groups is 1. The van der Waals surface area contributed by atoms with Gasteiger partial charge in [0.25, 0.3) is 0 Å². The molecule has 0 fully saturated rings. The Morgan fingerprint density at radius 1 is 1.15 bits per heavy atom. The first-order valence-electron chi connectivity index (χ1n) is 8.14. The van der Waals surface area contributed by atoms with E-state index in [9.17, 15) is 13.2 Å². The van der Waals surface area contributed by atoms with Crippen LogP contribution in [0.15, 0.2) is 41.3 Å². The maximum Gasteiger partial charge on any atom is 0.246 e. The zero-order valence-corrected chi connectivity index (χ0v) is 16.5. The molecule has 0 heterocycles. The molecule has 0 saturated carbocycles. The lowest BCUT2D eigenvalue weighted by Gasteiger charge is -2.19. The Labute approximate surface area is 154 Å². The van der Waals surface area contributed by atoms with Gasteiger partial charge >= 0.3 is 0 Å². The van der Waals surface area contributed by atoms with Gasteiger partial charge in [0.05, 0.1) is 13.7 Å². The summed E-state index contributed by atoms with van der Waals surface area (Å²) >= 11 is 0. The summed E-state index contributed by atoms with van der Waals surface area (Å²) in [6.45, 7) is 5.35. The van der Waals surface area contributed by atoms with E-state index >= 15 is 0 Å². The molecule has 1 N–H and O–H groups in total. The van der Waals surface area contributed by atoms with Gasteiger partial charge in [-0.25, -0.2) is 8.42 Å². The van der Waals surface area contributed by atoms with Crippen LogP contribution in [0, 0.1) is 20.8 Å². The van der Waals surface area contributed by atoms with Crippen molar-refractivity contribution in [2.75, 3.05) is 26.0 Å². The Hall–Kier alpha value is -2.38. The minimum absolute atomic E-state index is 0.0436. The van der Waals surface area contributed by atoms with Gasteiger partial charge in [0.1, 0.15) is 10.6 Å². The molecule has 0 radical (unpaired) electrons. The molecule has 0 unspecified atom stereocenters. The first kappa shape index (κ1) is 19.9. The highest BCUT2D eigenvalue weighted by Crippen LogP contribution is 2.27. The molecular formula is C19H24N2O4S. The fourth-order valence-electron chi connectivity index (χ4n) is 2.52. The van der Waals surface area contributed by atoms with Crippen LogP contribution in [0.25, 0.3) is 0 Å². The molecule has 0 aliphatic carbocycles. The SMILES string of the molecule is COc1ccc(C)cc1S(=O)(=O)N(C)CC(=O)Nc1cccc(C)c1C. The summed E-state index contributed by atoms with van der Waals surface area (Å²) in [6, 6.07) is 10.5. The topological polar surface area (TPSA) is 75.7 Å². The molecule has 2 rings (SSSR count). The molecule has 140 valence electrons. The quantitative estimate of drug-likeness (QED) is 0.841. The third kappa shape index (κ3) is 4.23. The van der Waals surface area contributed by atoms with E-state index in [2.05, 4.69) is 5.32 Å². The predicted molar refractivity (Wildman–Crippen MR) is 102 cm³/mol. The van der Waals surface area contributed by atoms with Gasteiger partial charge in [-0.2, -0.15) is 4.31 Å². The van der Waals surface area contributed by atoms with Gasteiger partial charge in [-0.15, -0.1) is 0 Å². The first-order valence-corrected chi connectivity index (χ1v) is 9.58. The molecule has 2 aromatic rings. The third-order valence-electron chi connectivity index (χ3n) is 4.25. The number of ether oxygens (including phenoxy) is 1. The summed E-state index contributed by atoms with van der Waals surface area (Å²) in [6.07, 6.45) is 0. The number of nitrogens with one attached hydrogen (secondary N) is 1. The van der Waals surface area contributed by atoms with E-state index in [4.69, 9.17) is 4.74 Å². The first-order chi connectivity index (χ1) is 12.2. The number of aryl methyl sites for hydroxylation is 2. The molecule has 0 aliphatic rings. The molecule has 0 aliphatic heterocycles. The largest absolute Gasteiger partial charge is 0.495 e. The zero-order chi connectivity index (χ0) is 19.5. The monoisotopic (exact) mass is 376 g/mol. The van der Waals surface area contributed by atoms with Gasteiger partial charge in [0.2, 0.25) is 15.9 Å².